The van der Waals surface area contributed by atoms with Gasteiger partial charge in [-0.05, 0) is 65.2 Å². The number of hydrogen-bond donors (Lipinski definition) is 1. The molecule has 0 unspecified atom stereocenters. The van der Waals surface area contributed by atoms with E-state index in [1.807, 2.05) is 12.1 Å². The number of benzene rings is 2. The van der Waals surface area contributed by atoms with Crippen molar-refractivity contribution in [3.63, 3.8) is 0 Å². The summed E-state index contributed by atoms with van der Waals surface area (Å²) in [7, 11) is 1.60. The van der Waals surface area contributed by atoms with E-state index >= 15 is 0 Å². The number of anilines is 1. The third-order valence-corrected chi connectivity index (χ3v) is 5.73. The molecule has 6 nitrogen and oxygen atoms in total. The van der Waals surface area contributed by atoms with Crippen LogP contribution in [0.4, 0.5) is 5.82 Å². The number of nitrogens with zero attached hydrogens (tertiary/aromatic N) is 2. The number of aromatic nitrogens is 2. The topological polar surface area (TPSA) is 65.5 Å². The highest BCUT2D eigenvalue weighted by Crippen LogP contribution is 2.40. The van der Waals surface area contributed by atoms with E-state index in [1.165, 1.54) is 17.5 Å². The number of hydrogen-bond acceptors (Lipinski definition) is 7. The lowest BCUT2D eigenvalue weighted by Gasteiger charge is -2.19. The Morgan fingerprint density at radius 2 is 1.82 bits per heavy atom. The minimum absolute atomic E-state index is 0.0381. The van der Waals surface area contributed by atoms with Crippen molar-refractivity contribution in [2.75, 3.05) is 18.4 Å². The predicted molar refractivity (Wildman–Crippen MR) is 138 cm³/mol. The highest BCUT2D eigenvalue weighted by Gasteiger charge is 2.19. The molecule has 0 aliphatic rings. The molecule has 8 heteroatoms. The lowest BCUT2D eigenvalue weighted by Crippen LogP contribution is -2.10. The summed E-state index contributed by atoms with van der Waals surface area (Å²) in [5.74, 6) is 4.73. The van der Waals surface area contributed by atoms with Crippen molar-refractivity contribution in [3.8, 4) is 35.5 Å². The maximum absolute atomic E-state index is 6.21. The second kappa shape index (κ2) is 11.9. The summed E-state index contributed by atoms with van der Waals surface area (Å²) in [6.45, 7) is 6.92. The highest BCUT2D eigenvalue weighted by atomic mass is 35.5. The van der Waals surface area contributed by atoms with Gasteiger partial charge in [0.05, 0.1) is 13.7 Å². The normalized spacial score (nSPS) is 10.9. The molecule has 178 valence electrons. The van der Waals surface area contributed by atoms with E-state index in [2.05, 4.69) is 65.6 Å². The van der Waals surface area contributed by atoms with Gasteiger partial charge in [0.25, 0.3) is 5.88 Å². The summed E-state index contributed by atoms with van der Waals surface area (Å²) < 4.78 is 20.5. The summed E-state index contributed by atoms with van der Waals surface area (Å²) in [5, 5.41) is 0.0381. The first-order valence-corrected chi connectivity index (χ1v) is 12.0. The second-order valence-corrected chi connectivity index (χ2v) is 9.61. The monoisotopic (exact) mass is 497 g/mol. The average molecular weight is 498 g/mol. The van der Waals surface area contributed by atoms with Crippen LogP contribution in [0.2, 0.25) is 5.28 Å². The summed E-state index contributed by atoms with van der Waals surface area (Å²) >= 11 is 7.59. The first kappa shape index (κ1) is 25.5. The fraction of sp³-hybridized carbons (Fsp3) is 0.308. The standard InChI is InChI=1S/C26H28ClN3O3S/c1-6-7-8-16-32-24-22(33-20-11-9-10-19(17-20)31-5)23(28-25(27)29-24)30-34-21-14-12-18(13-15-21)26(2,3)4/h1,9-15,17H,7-8,16H2,2-5H3,(H,28,29,30). The van der Waals surface area contributed by atoms with E-state index in [1.54, 1.807) is 19.2 Å². The van der Waals surface area contributed by atoms with Crippen molar-refractivity contribution in [2.45, 2.75) is 43.9 Å². The predicted octanol–water partition coefficient (Wildman–Crippen LogP) is 7.14. The van der Waals surface area contributed by atoms with Crippen molar-refractivity contribution < 1.29 is 14.2 Å². The molecule has 0 aliphatic carbocycles. The maximum atomic E-state index is 6.21. The van der Waals surface area contributed by atoms with E-state index in [9.17, 15) is 0 Å². The summed E-state index contributed by atoms with van der Waals surface area (Å²) in [5.41, 5.74) is 1.34. The van der Waals surface area contributed by atoms with Crippen LogP contribution in [0.5, 0.6) is 23.1 Å². The maximum Gasteiger partial charge on any atom is 0.264 e. The Balaban J connectivity index is 1.87. The van der Waals surface area contributed by atoms with Crippen molar-refractivity contribution in [1.29, 1.82) is 0 Å². The number of rotatable bonds is 10. The number of halogens is 1. The minimum atomic E-state index is 0.0381. The van der Waals surface area contributed by atoms with Crippen molar-refractivity contribution >= 4 is 29.4 Å². The minimum Gasteiger partial charge on any atom is -0.497 e. The Kier molecular flexibility index (Phi) is 8.91. The summed E-state index contributed by atoms with van der Waals surface area (Å²) in [6, 6.07) is 15.6. The van der Waals surface area contributed by atoms with Gasteiger partial charge in [-0.2, -0.15) is 9.97 Å². The van der Waals surface area contributed by atoms with Gasteiger partial charge in [-0.15, -0.1) is 12.3 Å². The molecule has 34 heavy (non-hydrogen) atoms. The van der Waals surface area contributed by atoms with Gasteiger partial charge in [0.1, 0.15) is 11.5 Å². The molecular formula is C26H28ClN3O3S. The molecule has 0 radical (unpaired) electrons. The first-order valence-electron chi connectivity index (χ1n) is 10.8. The molecular weight excluding hydrogens is 470 g/mol. The van der Waals surface area contributed by atoms with Gasteiger partial charge < -0.3 is 18.9 Å². The second-order valence-electron chi connectivity index (χ2n) is 8.39. The zero-order chi connectivity index (χ0) is 24.6. The molecule has 0 saturated heterocycles. The van der Waals surface area contributed by atoms with Crippen LogP contribution < -0.4 is 18.9 Å². The molecule has 0 atom stereocenters. The molecule has 0 amide bonds. The van der Waals surface area contributed by atoms with Crippen LogP contribution >= 0.6 is 23.5 Å². The molecule has 0 bridgehead atoms. The van der Waals surface area contributed by atoms with Crippen molar-refractivity contribution in [3.05, 3.63) is 59.4 Å². The van der Waals surface area contributed by atoms with Gasteiger partial charge in [0.2, 0.25) is 11.0 Å². The molecule has 1 heterocycles. The number of nitrogens with one attached hydrogen (secondary N) is 1. The molecule has 3 aromatic rings. The molecule has 0 fully saturated rings. The largest absolute Gasteiger partial charge is 0.497 e. The number of methoxy groups -OCH3 is 1. The zero-order valence-electron chi connectivity index (χ0n) is 19.7. The van der Waals surface area contributed by atoms with Gasteiger partial charge >= 0.3 is 0 Å². The molecule has 1 N–H and O–H groups in total. The van der Waals surface area contributed by atoms with Crippen LogP contribution in [0.25, 0.3) is 0 Å². The van der Waals surface area contributed by atoms with E-state index in [0.717, 1.165) is 4.90 Å². The Morgan fingerprint density at radius 1 is 1.09 bits per heavy atom. The Morgan fingerprint density at radius 3 is 2.50 bits per heavy atom. The molecule has 2 aromatic carbocycles. The molecule has 1 aromatic heterocycles. The van der Waals surface area contributed by atoms with Gasteiger partial charge in [-0.25, -0.2) is 0 Å². The molecule has 0 saturated carbocycles. The summed E-state index contributed by atoms with van der Waals surface area (Å²) in [4.78, 5) is 9.59. The average Bonchev–Trinajstić information content (AvgIpc) is 2.82. The van der Waals surface area contributed by atoms with Gasteiger partial charge in [-0.3, -0.25) is 0 Å². The number of terminal acetylenes is 1. The van der Waals surface area contributed by atoms with E-state index in [4.69, 9.17) is 32.2 Å². The van der Waals surface area contributed by atoms with Gasteiger partial charge in [0, 0.05) is 17.4 Å². The lowest BCUT2D eigenvalue weighted by atomic mass is 9.87. The van der Waals surface area contributed by atoms with Crippen LogP contribution in [0.15, 0.2) is 53.4 Å². The smallest absolute Gasteiger partial charge is 0.264 e. The quantitative estimate of drug-likeness (QED) is 0.138. The van der Waals surface area contributed by atoms with E-state index < -0.39 is 0 Å². The zero-order valence-corrected chi connectivity index (χ0v) is 21.3. The van der Waals surface area contributed by atoms with Crippen LogP contribution in [-0.2, 0) is 5.41 Å². The lowest BCUT2D eigenvalue weighted by molar-refractivity contribution is 0.285. The Labute approximate surface area is 210 Å². The molecule has 3 rings (SSSR count). The third kappa shape index (κ3) is 7.21. The van der Waals surface area contributed by atoms with Crippen molar-refractivity contribution in [2.24, 2.45) is 0 Å². The Hall–Kier alpha value is -3.08. The molecule has 0 spiro atoms. The third-order valence-electron chi connectivity index (χ3n) is 4.76. The number of ether oxygens (including phenoxy) is 3. The van der Waals surface area contributed by atoms with Crippen LogP contribution in [0, 0.1) is 12.3 Å². The first-order chi connectivity index (χ1) is 16.3. The molecule has 0 aliphatic heterocycles. The van der Waals surface area contributed by atoms with Crippen LogP contribution in [0.1, 0.15) is 39.2 Å². The van der Waals surface area contributed by atoms with E-state index in [-0.39, 0.29) is 16.6 Å². The fourth-order valence-electron chi connectivity index (χ4n) is 2.92. The van der Waals surface area contributed by atoms with E-state index in [0.29, 0.717) is 42.5 Å². The van der Waals surface area contributed by atoms with Crippen LogP contribution in [0.3, 0.4) is 0 Å². The number of unbranched alkanes of at least 4 members (excludes halogenated alkanes) is 1. The highest BCUT2D eigenvalue weighted by molar-refractivity contribution is 8.00. The van der Waals surface area contributed by atoms with Gasteiger partial charge in [0.15, 0.2) is 5.82 Å². The van der Waals surface area contributed by atoms with Crippen LogP contribution in [-0.4, -0.2) is 23.7 Å². The SMILES string of the molecule is C#CCCCOc1nc(Cl)nc(NSc2ccc(C(C)(C)C)cc2)c1Oc1cccc(OC)c1. The summed E-state index contributed by atoms with van der Waals surface area (Å²) in [6.07, 6.45) is 6.61. The van der Waals surface area contributed by atoms with Gasteiger partial charge in [-0.1, -0.05) is 39.0 Å². The Bertz CT molecular complexity index is 1140. The van der Waals surface area contributed by atoms with Crippen molar-refractivity contribution in [1.82, 2.24) is 9.97 Å². The fourth-order valence-corrected chi connectivity index (χ4v) is 3.71.